The van der Waals surface area contributed by atoms with Crippen LogP contribution in [0.5, 0.6) is 0 Å². The molecule has 0 heterocycles. The van der Waals surface area contributed by atoms with Crippen LogP contribution in [-0.4, -0.2) is 19.0 Å². The zero-order chi connectivity index (χ0) is 11.1. The maximum absolute atomic E-state index is 11.6. The number of amides is 1. The molecule has 0 radical (unpaired) electrons. The summed E-state index contributed by atoms with van der Waals surface area (Å²) in [5, 5.41) is 2.86. The minimum absolute atomic E-state index is 0. The van der Waals surface area contributed by atoms with Crippen molar-refractivity contribution in [3.63, 3.8) is 0 Å². The van der Waals surface area contributed by atoms with E-state index in [0.717, 1.165) is 12.3 Å². The number of carbonyl (C=O) groups excluding carboxylic acids is 1. The van der Waals surface area contributed by atoms with E-state index in [0.29, 0.717) is 13.1 Å². The molecule has 4 heteroatoms. The molecule has 0 aromatic carbocycles. The Kier molecular flexibility index (Phi) is 8.67. The highest BCUT2D eigenvalue weighted by Gasteiger charge is 2.20. The molecule has 0 saturated heterocycles. The average molecular weight is 249 g/mol. The lowest BCUT2D eigenvalue weighted by Gasteiger charge is -2.24. The van der Waals surface area contributed by atoms with E-state index in [2.05, 4.69) is 5.32 Å². The first kappa shape index (κ1) is 15.7. The van der Waals surface area contributed by atoms with Gasteiger partial charge in [0.15, 0.2) is 0 Å². The fraction of sp³-hybridized carbons (Fsp3) is 0.917. The molecule has 16 heavy (non-hydrogen) atoms. The van der Waals surface area contributed by atoms with Crippen LogP contribution in [0.15, 0.2) is 0 Å². The smallest absolute Gasteiger partial charge is 0.222 e. The number of hydrogen-bond acceptors (Lipinski definition) is 2. The molecule has 96 valence electrons. The second-order valence-electron chi connectivity index (χ2n) is 4.72. The van der Waals surface area contributed by atoms with Crippen LogP contribution in [0, 0.1) is 11.8 Å². The quantitative estimate of drug-likeness (QED) is 0.783. The maximum Gasteiger partial charge on any atom is 0.222 e. The van der Waals surface area contributed by atoms with E-state index in [9.17, 15) is 4.79 Å². The summed E-state index contributed by atoms with van der Waals surface area (Å²) in [5.41, 5.74) is 5.35. The maximum atomic E-state index is 11.6. The molecule has 1 saturated carbocycles. The van der Waals surface area contributed by atoms with Crippen LogP contribution in [-0.2, 0) is 4.79 Å². The Bertz CT molecular complexity index is 193. The molecular weight excluding hydrogens is 224 g/mol. The molecule has 0 aromatic rings. The minimum atomic E-state index is 0. The summed E-state index contributed by atoms with van der Waals surface area (Å²) < 4.78 is 0. The number of hydrogen-bond donors (Lipinski definition) is 2. The van der Waals surface area contributed by atoms with Crippen LogP contribution < -0.4 is 11.1 Å². The lowest BCUT2D eigenvalue weighted by Crippen LogP contribution is -2.34. The molecular formula is C12H25ClN2O. The summed E-state index contributed by atoms with van der Waals surface area (Å²) in [6.07, 6.45) is 7.76. The highest BCUT2D eigenvalue weighted by Crippen LogP contribution is 2.28. The van der Waals surface area contributed by atoms with Gasteiger partial charge in [0.25, 0.3) is 0 Å². The Morgan fingerprint density at radius 3 is 2.56 bits per heavy atom. The second kappa shape index (κ2) is 8.82. The van der Waals surface area contributed by atoms with Crippen LogP contribution in [0.1, 0.15) is 45.4 Å². The summed E-state index contributed by atoms with van der Waals surface area (Å²) in [6, 6.07) is 0. The highest BCUT2D eigenvalue weighted by molar-refractivity contribution is 5.85. The molecule has 1 atom stereocenters. The van der Waals surface area contributed by atoms with E-state index in [4.69, 9.17) is 5.73 Å². The predicted molar refractivity (Wildman–Crippen MR) is 69.7 cm³/mol. The first-order chi connectivity index (χ1) is 7.24. The third-order valence-corrected chi connectivity index (χ3v) is 3.30. The van der Waals surface area contributed by atoms with Crippen molar-refractivity contribution < 1.29 is 4.79 Å². The highest BCUT2D eigenvalue weighted by atomic mass is 35.5. The Morgan fingerprint density at radius 1 is 1.38 bits per heavy atom. The predicted octanol–water partition coefficient (Wildman–Crippen LogP) is 2.09. The van der Waals surface area contributed by atoms with Crippen molar-refractivity contribution in [2.75, 3.05) is 13.1 Å². The lowest BCUT2D eigenvalue weighted by atomic mass is 9.83. The minimum Gasteiger partial charge on any atom is -0.355 e. The average Bonchev–Trinajstić information content (AvgIpc) is 2.27. The van der Waals surface area contributed by atoms with Gasteiger partial charge in [-0.3, -0.25) is 4.79 Å². The van der Waals surface area contributed by atoms with Crippen LogP contribution >= 0.6 is 12.4 Å². The van der Waals surface area contributed by atoms with Crippen molar-refractivity contribution in [2.45, 2.75) is 45.4 Å². The standard InChI is InChI=1S/C12H24N2O.ClH/c1-10(12(15)14-8-7-13)9-11-5-3-2-4-6-11;/h10-11H,2-9,13H2,1H3,(H,14,15);1H. The van der Waals surface area contributed by atoms with Crippen molar-refractivity contribution in [2.24, 2.45) is 17.6 Å². The monoisotopic (exact) mass is 248 g/mol. The second-order valence-corrected chi connectivity index (χ2v) is 4.72. The molecule has 0 aromatic heterocycles. The number of nitrogens with one attached hydrogen (secondary N) is 1. The fourth-order valence-corrected chi connectivity index (χ4v) is 2.40. The normalized spacial score (nSPS) is 18.6. The Hall–Kier alpha value is -0.280. The van der Waals surface area contributed by atoms with Gasteiger partial charge in [0.2, 0.25) is 5.91 Å². The van der Waals surface area contributed by atoms with E-state index in [1.54, 1.807) is 0 Å². The van der Waals surface area contributed by atoms with Gasteiger partial charge in [0.05, 0.1) is 0 Å². The molecule has 0 spiro atoms. The molecule has 1 rings (SSSR count). The summed E-state index contributed by atoms with van der Waals surface area (Å²) in [5.74, 6) is 1.10. The van der Waals surface area contributed by atoms with Gasteiger partial charge < -0.3 is 11.1 Å². The van der Waals surface area contributed by atoms with E-state index >= 15 is 0 Å². The van der Waals surface area contributed by atoms with Crippen LogP contribution in [0.25, 0.3) is 0 Å². The summed E-state index contributed by atoms with van der Waals surface area (Å²) in [7, 11) is 0. The Balaban J connectivity index is 0.00000225. The van der Waals surface area contributed by atoms with Crippen LogP contribution in [0.3, 0.4) is 0 Å². The first-order valence-corrected chi connectivity index (χ1v) is 6.21. The largest absolute Gasteiger partial charge is 0.355 e. The molecule has 1 fully saturated rings. The Morgan fingerprint density at radius 2 is 2.00 bits per heavy atom. The van der Waals surface area contributed by atoms with Crippen LogP contribution in [0.2, 0.25) is 0 Å². The molecule has 1 unspecified atom stereocenters. The molecule has 3 N–H and O–H groups in total. The first-order valence-electron chi connectivity index (χ1n) is 6.21. The fourth-order valence-electron chi connectivity index (χ4n) is 2.40. The topological polar surface area (TPSA) is 55.1 Å². The van der Waals surface area contributed by atoms with Gasteiger partial charge in [-0.25, -0.2) is 0 Å². The summed E-state index contributed by atoms with van der Waals surface area (Å²) in [4.78, 5) is 11.6. The van der Waals surface area contributed by atoms with Crippen molar-refractivity contribution in [3.8, 4) is 0 Å². The Labute approximate surface area is 105 Å². The van der Waals surface area contributed by atoms with Gasteiger partial charge in [0, 0.05) is 19.0 Å². The summed E-state index contributed by atoms with van der Waals surface area (Å²) >= 11 is 0. The van der Waals surface area contributed by atoms with Crippen molar-refractivity contribution >= 4 is 18.3 Å². The van der Waals surface area contributed by atoms with Gasteiger partial charge in [-0.15, -0.1) is 12.4 Å². The van der Waals surface area contributed by atoms with Gasteiger partial charge >= 0.3 is 0 Å². The SMILES string of the molecule is CC(CC1CCCCC1)C(=O)NCCN.Cl. The van der Waals surface area contributed by atoms with Gasteiger partial charge in [0.1, 0.15) is 0 Å². The van der Waals surface area contributed by atoms with E-state index < -0.39 is 0 Å². The van der Waals surface area contributed by atoms with Crippen molar-refractivity contribution in [1.82, 2.24) is 5.32 Å². The number of rotatable bonds is 5. The van der Waals surface area contributed by atoms with Gasteiger partial charge in [-0.05, 0) is 12.3 Å². The third kappa shape index (κ3) is 5.71. The molecule has 1 aliphatic carbocycles. The van der Waals surface area contributed by atoms with Crippen LogP contribution in [0.4, 0.5) is 0 Å². The molecule has 3 nitrogen and oxygen atoms in total. The molecule has 1 aliphatic rings. The molecule has 1 amide bonds. The summed E-state index contributed by atoms with van der Waals surface area (Å²) in [6.45, 7) is 3.16. The van der Waals surface area contributed by atoms with Crippen molar-refractivity contribution in [1.29, 1.82) is 0 Å². The van der Waals surface area contributed by atoms with E-state index in [1.807, 2.05) is 6.92 Å². The van der Waals surface area contributed by atoms with Crippen molar-refractivity contribution in [3.05, 3.63) is 0 Å². The zero-order valence-electron chi connectivity index (χ0n) is 10.2. The zero-order valence-corrected chi connectivity index (χ0v) is 11.0. The number of carbonyl (C=O) groups is 1. The third-order valence-electron chi connectivity index (χ3n) is 3.30. The van der Waals surface area contributed by atoms with Gasteiger partial charge in [-0.2, -0.15) is 0 Å². The van der Waals surface area contributed by atoms with Gasteiger partial charge in [-0.1, -0.05) is 39.0 Å². The molecule has 0 bridgehead atoms. The molecule has 0 aliphatic heterocycles. The lowest BCUT2D eigenvalue weighted by molar-refractivity contribution is -0.125. The van der Waals surface area contributed by atoms with E-state index in [-0.39, 0.29) is 24.2 Å². The number of nitrogens with two attached hydrogens (primary N) is 1. The number of halogens is 1. The van der Waals surface area contributed by atoms with E-state index in [1.165, 1.54) is 32.1 Å².